The van der Waals surface area contributed by atoms with Crippen molar-refractivity contribution >= 4 is 5.97 Å². The molecule has 2 fully saturated rings. The van der Waals surface area contributed by atoms with Gasteiger partial charge in [-0.15, -0.1) is 0 Å². The zero-order chi connectivity index (χ0) is 14.5. The standard InChI is InChI=1S/C15H28N2O3/c1-4-19-15(18)13(3)16-7-5-14(6-8-16)17-9-10-20-12(2)11-17/h12-14H,4-11H2,1-3H3/t12-,13-/m1/s1. The number of rotatable bonds is 4. The first-order valence-electron chi connectivity index (χ1n) is 7.88. The maximum atomic E-state index is 11.8. The molecule has 2 aliphatic rings. The predicted octanol–water partition coefficient (Wildman–Crippen LogP) is 1.12. The molecule has 2 heterocycles. The number of hydrogen-bond acceptors (Lipinski definition) is 5. The molecule has 116 valence electrons. The SMILES string of the molecule is CCOC(=O)[C@@H](C)N1CCC(N2CCO[C@H](C)C2)CC1. The van der Waals surface area contributed by atoms with Crippen LogP contribution in [-0.4, -0.2) is 73.3 Å². The van der Waals surface area contributed by atoms with Crippen LogP contribution in [0.5, 0.6) is 0 Å². The van der Waals surface area contributed by atoms with Gasteiger partial charge in [0.25, 0.3) is 0 Å². The summed E-state index contributed by atoms with van der Waals surface area (Å²) in [5.41, 5.74) is 0. The largest absolute Gasteiger partial charge is 0.465 e. The number of ether oxygens (including phenoxy) is 2. The summed E-state index contributed by atoms with van der Waals surface area (Å²) in [6.45, 7) is 11.3. The van der Waals surface area contributed by atoms with Gasteiger partial charge >= 0.3 is 5.97 Å². The highest BCUT2D eigenvalue weighted by molar-refractivity contribution is 5.75. The summed E-state index contributed by atoms with van der Waals surface area (Å²) >= 11 is 0. The third-order valence-electron chi connectivity index (χ3n) is 4.46. The van der Waals surface area contributed by atoms with Gasteiger partial charge in [0, 0.05) is 32.2 Å². The first-order valence-corrected chi connectivity index (χ1v) is 7.88. The molecule has 0 aromatic heterocycles. The minimum absolute atomic E-state index is 0.0917. The fraction of sp³-hybridized carbons (Fsp3) is 0.933. The van der Waals surface area contributed by atoms with Gasteiger partial charge in [0.05, 0.1) is 19.3 Å². The van der Waals surface area contributed by atoms with Crippen LogP contribution in [0, 0.1) is 0 Å². The summed E-state index contributed by atoms with van der Waals surface area (Å²) in [7, 11) is 0. The molecule has 5 nitrogen and oxygen atoms in total. The second-order valence-corrected chi connectivity index (χ2v) is 5.87. The van der Waals surface area contributed by atoms with Crippen molar-refractivity contribution in [2.45, 2.75) is 51.8 Å². The van der Waals surface area contributed by atoms with Crippen molar-refractivity contribution < 1.29 is 14.3 Å². The Morgan fingerprint density at radius 2 is 2.05 bits per heavy atom. The number of piperidine rings is 1. The van der Waals surface area contributed by atoms with E-state index in [0.29, 0.717) is 18.8 Å². The van der Waals surface area contributed by atoms with Gasteiger partial charge in [-0.2, -0.15) is 0 Å². The molecule has 0 bridgehead atoms. The Hall–Kier alpha value is -0.650. The van der Waals surface area contributed by atoms with E-state index in [2.05, 4.69) is 16.7 Å². The summed E-state index contributed by atoms with van der Waals surface area (Å²) < 4.78 is 10.7. The van der Waals surface area contributed by atoms with Crippen molar-refractivity contribution in [2.24, 2.45) is 0 Å². The van der Waals surface area contributed by atoms with Crippen LogP contribution in [0.4, 0.5) is 0 Å². The highest BCUT2D eigenvalue weighted by Crippen LogP contribution is 2.20. The van der Waals surface area contributed by atoms with Crippen molar-refractivity contribution in [1.29, 1.82) is 0 Å². The Morgan fingerprint density at radius 1 is 1.35 bits per heavy atom. The number of nitrogens with zero attached hydrogens (tertiary/aromatic N) is 2. The van der Waals surface area contributed by atoms with E-state index < -0.39 is 0 Å². The number of likely N-dealkylation sites (tertiary alicyclic amines) is 1. The molecule has 0 radical (unpaired) electrons. The van der Waals surface area contributed by atoms with Crippen molar-refractivity contribution in [3.8, 4) is 0 Å². The van der Waals surface area contributed by atoms with Gasteiger partial charge < -0.3 is 9.47 Å². The van der Waals surface area contributed by atoms with Gasteiger partial charge in [0.2, 0.25) is 0 Å². The average Bonchev–Trinajstić information content (AvgIpc) is 2.47. The monoisotopic (exact) mass is 284 g/mol. The Bertz CT molecular complexity index is 316. The first kappa shape index (κ1) is 15.7. The van der Waals surface area contributed by atoms with Gasteiger partial charge in [-0.3, -0.25) is 14.6 Å². The molecular formula is C15H28N2O3. The van der Waals surface area contributed by atoms with E-state index in [1.165, 1.54) is 0 Å². The molecule has 0 aliphatic carbocycles. The fourth-order valence-corrected chi connectivity index (χ4v) is 3.23. The van der Waals surface area contributed by atoms with E-state index in [-0.39, 0.29) is 12.0 Å². The topological polar surface area (TPSA) is 42.0 Å². The second kappa shape index (κ2) is 7.38. The Kier molecular flexibility index (Phi) is 5.81. The molecule has 20 heavy (non-hydrogen) atoms. The number of carbonyl (C=O) groups excluding carboxylic acids is 1. The van der Waals surface area contributed by atoms with Crippen LogP contribution >= 0.6 is 0 Å². The molecule has 5 heteroatoms. The number of esters is 1. The first-order chi connectivity index (χ1) is 9.61. The third kappa shape index (κ3) is 3.93. The molecule has 0 N–H and O–H groups in total. The maximum Gasteiger partial charge on any atom is 0.323 e. The lowest BCUT2D eigenvalue weighted by Gasteiger charge is -2.42. The molecule has 0 aromatic rings. The van der Waals surface area contributed by atoms with Gasteiger partial charge in [-0.1, -0.05) is 0 Å². The average molecular weight is 284 g/mol. The lowest BCUT2D eigenvalue weighted by atomic mass is 10.0. The highest BCUT2D eigenvalue weighted by Gasteiger charge is 2.31. The number of carbonyl (C=O) groups is 1. The van der Waals surface area contributed by atoms with E-state index >= 15 is 0 Å². The second-order valence-electron chi connectivity index (χ2n) is 5.87. The molecule has 0 amide bonds. The van der Waals surface area contributed by atoms with Crippen LogP contribution in [-0.2, 0) is 14.3 Å². The fourth-order valence-electron chi connectivity index (χ4n) is 3.23. The van der Waals surface area contributed by atoms with E-state index in [1.54, 1.807) is 0 Å². The lowest BCUT2D eigenvalue weighted by Crippen LogP contribution is -2.53. The quantitative estimate of drug-likeness (QED) is 0.724. The van der Waals surface area contributed by atoms with Crippen LogP contribution < -0.4 is 0 Å². The molecular weight excluding hydrogens is 256 g/mol. The van der Waals surface area contributed by atoms with E-state index in [1.807, 2.05) is 13.8 Å². The molecule has 0 aromatic carbocycles. The normalized spacial score (nSPS) is 28.2. The summed E-state index contributed by atoms with van der Waals surface area (Å²) in [5.74, 6) is -0.0917. The molecule has 2 aliphatic heterocycles. The number of hydrogen-bond donors (Lipinski definition) is 0. The van der Waals surface area contributed by atoms with Crippen LogP contribution in [0.2, 0.25) is 0 Å². The number of morpholine rings is 1. The highest BCUT2D eigenvalue weighted by atomic mass is 16.5. The Balaban J connectivity index is 1.78. The van der Waals surface area contributed by atoms with Gasteiger partial charge in [-0.05, 0) is 33.6 Å². The zero-order valence-corrected chi connectivity index (χ0v) is 13.0. The molecule has 2 atom stereocenters. The van der Waals surface area contributed by atoms with Gasteiger partial charge in [0.1, 0.15) is 6.04 Å². The molecule has 0 spiro atoms. The van der Waals surface area contributed by atoms with E-state index in [4.69, 9.17) is 9.47 Å². The van der Waals surface area contributed by atoms with Crippen LogP contribution in [0.15, 0.2) is 0 Å². The summed E-state index contributed by atoms with van der Waals surface area (Å²) in [6.07, 6.45) is 2.62. The molecule has 2 saturated heterocycles. The van der Waals surface area contributed by atoms with Crippen LogP contribution in [0.1, 0.15) is 33.6 Å². The zero-order valence-electron chi connectivity index (χ0n) is 13.0. The molecule has 2 rings (SSSR count). The third-order valence-corrected chi connectivity index (χ3v) is 4.46. The Morgan fingerprint density at radius 3 is 2.65 bits per heavy atom. The van der Waals surface area contributed by atoms with Crippen molar-refractivity contribution in [1.82, 2.24) is 9.80 Å². The van der Waals surface area contributed by atoms with E-state index in [0.717, 1.165) is 45.6 Å². The van der Waals surface area contributed by atoms with Gasteiger partial charge in [0.15, 0.2) is 0 Å². The maximum absolute atomic E-state index is 11.8. The minimum atomic E-state index is -0.112. The predicted molar refractivity (Wildman–Crippen MR) is 77.7 cm³/mol. The van der Waals surface area contributed by atoms with Crippen molar-refractivity contribution in [3.63, 3.8) is 0 Å². The minimum Gasteiger partial charge on any atom is -0.465 e. The summed E-state index contributed by atoms with van der Waals surface area (Å²) in [5, 5.41) is 0. The smallest absolute Gasteiger partial charge is 0.323 e. The molecule has 0 saturated carbocycles. The lowest BCUT2D eigenvalue weighted by molar-refractivity contribution is -0.149. The Labute approximate surface area is 122 Å². The molecule has 0 unspecified atom stereocenters. The van der Waals surface area contributed by atoms with Crippen LogP contribution in [0.25, 0.3) is 0 Å². The van der Waals surface area contributed by atoms with Crippen molar-refractivity contribution in [3.05, 3.63) is 0 Å². The summed E-state index contributed by atoms with van der Waals surface area (Å²) in [6, 6.07) is 0.534. The summed E-state index contributed by atoms with van der Waals surface area (Å²) in [4.78, 5) is 16.6. The van der Waals surface area contributed by atoms with Crippen molar-refractivity contribution in [2.75, 3.05) is 39.4 Å². The van der Waals surface area contributed by atoms with Crippen LogP contribution in [0.3, 0.4) is 0 Å². The van der Waals surface area contributed by atoms with E-state index in [9.17, 15) is 4.79 Å². The van der Waals surface area contributed by atoms with Gasteiger partial charge in [-0.25, -0.2) is 0 Å².